The van der Waals surface area contributed by atoms with Crippen molar-refractivity contribution in [1.29, 1.82) is 0 Å². The number of carbonyl (C=O) groups is 1. The van der Waals surface area contributed by atoms with Gasteiger partial charge in [-0.15, -0.1) is 0 Å². The maximum absolute atomic E-state index is 11.5. The molecule has 2 N–H and O–H groups in total. The lowest BCUT2D eigenvalue weighted by Gasteiger charge is -2.22. The first-order valence-electron chi connectivity index (χ1n) is 5.13. The second kappa shape index (κ2) is 2.86. The van der Waals surface area contributed by atoms with Crippen LogP contribution in [0, 0.1) is 5.92 Å². The third-order valence-corrected chi connectivity index (χ3v) is 2.81. The van der Waals surface area contributed by atoms with Crippen LogP contribution in [0.25, 0.3) is 0 Å². The highest BCUT2D eigenvalue weighted by atomic mass is 16.6. The fourth-order valence-electron chi connectivity index (χ4n) is 2.04. The first kappa shape index (κ1) is 9.77. The van der Waals surface area contributed by atoms with Crippen LogP contribution in [-0.2, 0) is 4.74 Å². The number of piperidine rings is 1. The third-order valence-electron chi connectivity index (χ3n) is 2.81. The number of ether oxygens (including phenoxy) is 1. The minimum atomic E-state index is -0.406. The van der Waals surface area contributed by atoms with Gasteiger partial charge in [0.15, 0.2) is 0 Å². The quantitative estimate of drug-likeness (QED) is 0.657. The molecule has 2 rings (SSSR count). The van der Waals surface area contributed by atoms with Crippen LogP contribution in [0.5, 0.6) is 0 Å². The Kier molecular flexibility index (Phi) is 2.00. The molecular weight excluding hydrogens is 180 g/mol. The highest BCUT2D eigenvalue weighted by molar-refractivity contribution is 5.70. The minimum Gasteiger partial charge on any atom is -0.444 e. The van der Waals surface area contributed by atoms with E-state index in [4.69, 9.17) is 4.74 Å². The standard InChI is InChI=1S/C10H18N2O2/c1-9(2,3)14-8(13)12-10-4-7(10)5-11-6-10/h7,11H,4-6H2,1-3H3,(H,12,13)/t7-,10-/m0/s1. The molecule has 1 aliphatic carbocycles. The molecule has 0 aromatic heterocycles. The number of rotatable bonds is 1. The molecule has 0 unspecified atom stereocenters. The summed E-state index contributed by atoms with van der Waals surface area (Å²) in [7, 11) is 0. The zero-order valence-corrected chi connectivity index (χ0v) is 9.02. The average molecular weight is 198 g/mol. The van der Waals surface area contributed by atoms with Crippen molar-refractivity contribution in [2.45, 2.75) is 38.3 Å². The van der Waals surface area contributed by atoms with Gasteiger partial charge in [-0.05, 0) is 33.1 Å². The van der Waals surface area contributed by atoms with E-state index in [-0.39, 0.29) is 11.6 Å². The smallest absolute Gasteiger partial charge is 0.408 e. The molecule has 1 aliphatic heterocycles. The van der Waals surface area contributed by atoms with Crippen molar-refractivity contribution >= 4 is 6.09 Å². The highest BCUT2D eigenvalue weighted by Gasteiger charge is 2.58. The van der Waals surface area contributed by atoms with Gasteiger partial charge < -0.3 is 15.4 Å². The molecule has 2 aliphatic rings. The number of fused-ring (bicyclic) bond motifs is 1. The summed E-state index contributed by atoms with van der Waals surface area (Å²) in [5, 5.41) is 6.22. The van der Waals surface area contributed by atoms with Crippen molar-refractivity contribution in [3.8, 4) is 0 Å². The Hall–Kier alpha value is -0.770. The average Bonchev–Trinajstić information content (AvgIpc) is 2.48. The fraction of sp³-hybridized carbons (Fsp3) is 0.900. The monoisotopic (exact) mass is 198 g/mol. The van der Waals surface area contributed by atoms with Gasteiger partial charge in [0.2, 0.25) is 0 Å². The van der Waals surface area contributed by atoms with E-state index >= 15 is 0 Å². The minimum absolute atomic E-state index is 0.0162. The molecule has 1 saturated carbocycles. The molecule has 1 amide bonds. The summed E-state index contributed by atoms with van der Waals surface area (Å²) in [5.41, 5.74) is -0.389. The van der Waals surface area contributed by atoms with Crippen LogP contribution in [0.15, 0.2) is 0 Å². The van der Waals surface area contributed by atoms with Crippen molar-refractivity contribution in [2.75, 3.05) is 13.1 Å². The topological polar surface area (TPSA) is 50.4 Å². The van der Waals surface area contributed by atoms with Gasteiger partial charge >= 0.3 is 6.09 Å². The third kappa shape index (κ3) is 1.85. The Balaban J connectivity index is 1.84. The van der Waals surface area contributed by atoms with Crippen LogP contribution in [0.1, 0.15) is 27.2 Å². The maximum atomic E-state index is 11.5. The van der Waals surface area contributed by atoms with Gasteiger partial charge in [-0.25, -0.2) is 4.79 Å². The van der Waals surface area contributed by atoms with E-state index in [1.54, 1.807) is 0 Å². The SMILES string of the molecule is CC(C)(C)OC(=O)N[C@@]12CNC[C@@H]1C2. The van der Waals surface area contributed by atoms with Crippen LogP contribution in [0.4, 0.5) is 4.79 Å². The Morgan fingerprint density at radius 2 is 2.29 bits per heavy atom. The Morgan fingerprint density at radius 3 is 2.71 bits per heavy atom. The van der Waals surface area contributed by atoms with E-state index in [0.29, 0.717) is 5.92 Å². The van der Waals surface area contributed by atoms with Gasteiger partial charge in [0, 0.05) is 13.1 Å². The summed E-state index contributed by atoms with van der Waals surface area (Å²) >= 11 is 0. The summed E-state index contributed by atoms with van der Waals surface area (Å²) < 4.78 is 5.21. The maximum Gasteiger partial charge on any atom is 0.408 e. The zero-order chi connectivity index (χ0) is 10.4. The predicted molar refractivity (Wildman–Crippen MR) is 53.1 cm³/mol. The van der Waals surface area contributed by atoms with Gasteiger partial charge in [0.1, 0.15) is 5.60 Å². The molecular formula is C10H18N2O2. The number of alkyl carbamates (subject to hydrolysis) is 1. The molecule has 14 heavy (non-hydrogen) atoms. The summed E-state index contributed by atoms with van der Waals surface area (Å²) in [4.78, 5) is 11.5. The Labute approximate surface area is 84.4 Å². The zero-order valence-electron chi connectivity index (χ0n) is 9.02. The molecule has 2 fully saturated rings. The molecule has 0 aromatic carbocycles. The van der Waals surface area contributed by atoms with E-state index in [2.05, 4.69) is 10.6 Å². The van der Waals surface area contributed by atoms with Gasteiger partial charge in [-0.1, -0.05) is 0 Å². The van der Waals surface area contributed by atoms with Crippen LogP contribution in [-0.4, -0.2) is 30.3 Å². The molecule has 80 valence electrons. The van der Waals surface area contributed by atoms with Gasteiger partial charge in [-0.3, -0.25) is 0 Å². The summed E-state index contributed by atoms with van der Waals surface area (Å²) in [5.74, 6) is 0.620. The largest absolute Gasteiger partial charge is 0.444 e. The van der Waals surface area contributed by atoms with Crippen LogP contribution < -0.4 is 10.6 Å². The summed E-state index contributed by atoms with van der Waals surface area (Å²) in [6, 6.07) is 0. The molecule has 0 spiro atoms. The number of carbonyl (C=O) groups excluding carboxylic acids is 1. The van der Waals surface area contributed by atoms with Crippen molar-refractivity contribution in [1.82, 2.24) is 10.6 Å². The van der Waals surface area contributed by atoms with Gasteiger partial charge in [0.25, 0.3) is 0 Å². The lowest BCUT2D eigenvalue weighted by atomic mass is 10.2. The molecule has 2 atom stereocenters. The molecule has 4 heteroatoms. The number of hydrogen-bond acceptors (Lipinski definition) is 3. The summed E-state index contributed by atoms with van der Waals surface area (Å²) in [6.07, 6.45) is 0.808. The number of nitrogens with one attached hydrogen (secondary N) is 2. The van der Waals surface area contributed by atoms with Crippen LogP contribution in [0.3, 0.4) is 0 Å². The Morgan fingerprint density at radius 1 is 1.57 bits per heavy atom. The normalized spacial score (nSPS) is 34.9. The first-order valence-corrected chi connectivity index (χ1v) is 5.13. The van der Waals surface area contributed by atoms with E-state index in [0.717, 1.165) is 19.5 Å². The molecule has 0 radical (unpaired) electrons. The molecule has 4 nitrogen and oxygen atoms in total. The van der Waals surface area contributed by atoms with Crippen molar-refractivity contribution in [2.24, 2.45) is 5.92 Å². The predicted octanol–water partition coefficient (Wildman–Crippen LogP) is 0.873. The van der Waals surface area contributed by atoms with Crippen LogP contribution in [0.2, 0.25) is 0 Å². The second-order valence-electron chi connectivity index (χ2n) is 5.31. The molecule has 1 saturated heterocycles. The van der Waals surface area contributed by atoms with Gasteiger partial charge in [0.05, 0.1) is 5.54 Å². The fourth-order valence-corrected chi connectivity index (χ4v) is 2.04. The van der Waals surface area contributed by atoms with Crippen LogP contribution >= 0.6 is 0 Å². The molecule has 1 heterocycles. The van der Waals surface area contributed by atoms with E-state index in [9.17, 15) is 4.79 Å². The summed E-state index contributed by atoms with van der Waals surface area (Å²) in [6.45, 7) is 7.54. The number of amides is 1. The number of hydrogen-bond donors (Lipinski definition) is 2. The highest BCUT2D eigenvalue weighted by Crippen LogP contribution is 2.46. The van der Waals surface area contributed by atoms with Gasteiger partial charge in [-0.2, -0.15) is 0 Å². The van der Waals surface area contributed by atoms with E-state index in [1.165, 1.54) is 0 Å². The lowest BCUT2D eigenvalue weighted by molar-refractivity contribution is 0.0497. The van der Waals surface area contributed by atoms with Crippen molar-refractivity contribution in [3.63, 3.8) is 0 Å². The van der Waals surface area contributed by atoms with Crippen molar-refractivity contribution in [3.05, 3.63) is 0 Å². The first-order chi connectivity index (χ1) is 6.41. The van der Waals surface area contributed by atoms with Crippen molar-refractivity contribution < 1.29 is 9.53 Å². The van der Waals surface area contributed by atoms with E-state index < -0.39 is 5.60 Å². The second-order valence-corrected chi connectivity index (χ2v) is 5.31. The molecule has 0 aromatic rings. The molecule has 0 bridgehead atoms. The lowest BCUT2D eigenvalue weighted by Crippen LogP contribution is -2.43. The Bertz CT molecular complexity index is 259. The van der Waals surface area contributed by atoms with E-state index in [1.807, 2.05) is 20.8 Å².